The third-order valence-electron chi connectivity index (χ3n) is 1.46. The summed E-state index contributed by atoms with van der Waals surface area (Å²) in [6, 6.07) is 0. The molecular weight excluding hydrogens is 256 g/mol. The third kappa shape index (κ3) is 5.85. The number of hydrogen-bond donors (Lipinski definition) is 3. The van der Waals surface area contributed by atoms with Gasteiger partial charge in [-0.2, -0.15) is 0 Å². The summed E-state index contributed by atoms with van der Waals surface area (Å²) in [5, 5.41) is 10.1. The van der Waals surface area contributed by atoms with Gasteiger partial charge in [0.25, 0.3) is 0 Å². The first-order valence-corrected chi connectivity index (χ1v) is 5.13. The molecule has 0 saturated carbocycles. The fourth-order valence-corrected chi connectivity index (χ4v) is 0.817. The van der Waals surface area contributed by atoms with Crippen LogP contribution in [0.3, 0.4) is 0 Å². The summed E-state index contributed by atoms with van der Waals surface area (Å²) in [5.41, 5.74) is 6.41. The molecule has 4 nitrogen and oxygen atoms in total. The van der Waals surface area contributed by atoms with Crippen molar-refractivity contribution in [2.24, 2.45) is 10.7 Å². The Bertz CT molecular complexity index is 339. The van der Waals surface area contributed by atoms with Crippen molar-refractivity contribution >= 4 is 28.0 Å². The van der Waals surface area contributed by atoms with E-state index < -0.39 is 0 Å². The van der Waals surface area contributed by atoms with E-state index in [0.717, 1.165) is 4.61 Å². The van der Waals surface area contributed by atoms with Gasteiger partial charge in [-0.15, -0.1) is 0 Å². The van der Waals surface area contributed by atoms with Gasteiger partial charge in [0, 0.05) is 5.70 Å². The van der Waals surface area contributed by atoms with Crippen LogP contribution in [0.4, 0.5) is 0 Å². The molecule has 5 heteroatoms. The van der Waals surface area contributed by atoms with Crippen LogP contribution >= 0.6 is 15.9 Å². The smallest absolute Gasteiger partial charge is 0.139 e. The summed E-state index contributed by atoms with van der Waals surface area (Å²) in [6.45, 7) is 7.38. The molecule has 0 atom stereocenters. The van der Waals surface area contributed by atoms with Crippen molar-refractivity contribution in [2.75, 3.05) is 0 Å². The molecule has 0 aromatic rings. The minimum absolute atomic E-state index is 0.0304. The van der Waals surface area contributed by atoms with Gasteiger partial charge in [0.15, 0.2) is 0 Å². The Balaban J connectivity index is 4.39. The molecule has 4 N–H and O–H groups in total. The number of nitrogens with zero attached hydrogens (tertiary/aromatic N) is 1. The van der Waals surface area contributed by atoms with Crippen LogP contribution < -0.4 is 11.1 Å². The highest BCUT2D eigenvalue weighted by molar-refractivity contribution is 9.11. The van der Waals surface area contributed by atoms with E-state index in [-0.39, 0.29) is 5.84 Å². The Labute approximate surface area is 98.3 Å². The summed E-state index contributed by atoms with van der Waals surface area (Å²) in [6.07, 6.45) is 5.06. The number of allylic oxidation sites excluding steroid dienone is 3. The van der Waals surface area contributed by atoms with Gasteiger partial charge in [0.2, 0.25) is 0 Å². The van der Waals surface area contributed by atoms with Gasteiger partial charge < -0.3 is 11.1 Å². The Kier molecular flexibility index (Phi) is 6.37. The van der Waals surface area contributed by atoms with Crippen LogP contribution in [0.5, 0.6) is 0 Å². The van der Waals surface area contributed by atoms with Gasteiger partial charge in [-0.3, -0.25) is 5.41 Å². The predicted octanol–water partition coefficient (Wildman–Crippen LogP) is 2.26. The average molecular weight is 271 g/mol. The van der Waals surface area contributed by atoms with E-state index in [1.165, 1.54) is 0 Å². The number of hydrogen-bond acceptors (Lipinski definition) is 3. The van der Waals surface area contributed by atoms with Crippen LogP contribution in [0, 0.1) is 5.41 Å². The number of aliphatic imine (C=N–C) groups is 1. The summed E-state index contributed by atoms with van der Waals surface area (Å²) in [7, 11) is 0. The molecule has 0 heterocycles. The highest BCUT2D eigenvalue weighted by atomic mass is 79.9. The van der Waals surface area contributed by atoms with E-state index in [0.29, 0.717) is 11.4 Å². The highest BCUT2D eigenvalue weighted by Crippen LogP contribution is 2.04. The Hall–Kier alpha value is -1.36. The maximum atomic E-state index is 7.24. The molecule has 0 saturated heterocycles. The van der Waals surface area contributed by atoms with Crippen molar-refractivity contribution in [3.63, 3.8) is 0 Å². The molecule has 0 aromatic carbocycles. The Morgan fingerprint density at radius 3 is 2.47 bits per heavy atom. The standard InChI is InChI=1S/C10H15BrN4/c1-4-8(10(12)13)15-7(3)6-14-9(11)5-2/h4-6,15H,3H2,1-2H3,(H3,12,13)/b8-4-,9-5-,14-6-. The zero-order chi connectivity index (χ0) is 11.8. The molecule has 0 amide bonds. The Morgan fingerprint density at radius 1 is 1.47 bits per heavy atom. The summed E-state index contributed by atoms with van der Waals surface area (Å²) >= 11 is 3.23. The molecule has 82 valence electrons. The molecule has 0 rings (SSSR count). The number of nitrogens with one attached hydrogen (secondary N) is 2. The van der Waals surface area contributed by atoms with Crippen LogP contribution in [0.1, 0.15) is 13.8 Å². The van der Waals surface area contributed by atoms with Crippen LogP contribution in [0.2, 0.25) is 0 Å². The maximum absolute atomic E-state index is 7.24. The van der Waals surface area contributed by atoms with Crippen LogP contribution in [0.25, 0.3) is 0 Å². The predicted molar refractivity (Wildman–Crippen MR) is 69.1 cm³/mol. The molecule has 0 spiro atoms. The molecule has 0 radical (unpaired) electrons. The molecule has 15 heavy (non-hydrogen) atoms. The third-order valence-corrected chi connectivity index (χ3v) is 2.12. The molecule has 0 aliphatic rings. The first kappa shape index (κ1) is 13.6. The van der Waals surface area contributed by atoms with Crippen molar-refractivity contribution in [1.82, 2.24) is 5.32 Å². The first-order valence-electron chi connectivity index (χ1n) is 4.33. The second-order valence-corrected chi connectivity index (χ2v) is 3.45. The van der Waals surface area contributed by atoms with Crippen LogP contribution in [-0.4, -0.2) is 12.1 Å². The van der Waals surface area contributed by atoms with E-state index in [2.05, 4.69) is 32.8 Å². The monoisotopic (exact) mass is 270 g/mol. The number of rotatable bonds is 5. The lowest BCUT2D eigenvalue weighted by Crippen LogP contribution is -2.25. The second-order valence-electron chi connectivity index (χ2n) is 2.64. The zero-order valence-corrected chi connectivity index (χ0v) is 10.4. The fourth-order valence-electron chi connectivity index (χ4n) is 0.714. The minimum Gasteiger partial charge on any atom is -0.382 e. The molecule has 0 aliphatic heterocycles. The molecule has 0 aromatic heterocycles. The van der Waals surface area contributed by atoms with Crippen molar-refractivity contribution in [3.8, 4) is 0 Å². The maximum Gasteiger partial charge on any atom is 0.139 e. The van der Waals surface area contributed by atoms with Crippen molar-refractivity contribution < 1.29 is 0 Å². The zero-order valence-electron chi connectivity index (χ0n) is 8.84. The van der Waals surface area contributed by atoms with Crippen LogP contribution in [0.15, 0.2) is 39.7 Å². The van der Waals surface area contributed by atoms with Gasteiger partial charge in [0.05, 0.1) is 11.9 Å². The van der Waals surface area contributed by atoms with Crippen molar-refractivity contribution in [2.45, 2.75) is 13.8 Å². The number of halogens is 1. The lowest BCUT2D eigenvalue weighted by molar-refractivity contribution is 1.08. The SMILES string of the molecule is C=C(/C=N\C(Br)=C/C)N/C(=C\C)C(=N)N. The fraction of sp³-hybridized carbons (Fsp3) is 0.200. The Morgan fingerprint density at radius 2 is 2.07 bits per heavy atom. The lowest BCUT2D eigenvalue weighted by atomic mass is 10.3. The van der Waals surface area contributed by atoms with Gasteiger partial charge in [0.1, 0.15) is 10.4 Å². The largest absolute Gasteiger partial charge is 0.382 e. The topological polar surface area (TPSA) is 74.3 Å². The van der Waals surface area contributed by atoms with Gasteiger partial charge in [-0.25, -0.2) is 4.99 Å². The quantitative estimate of drug-likeness (QED) is 0.407. The summed E-state index contributed by atoms with van der Waals surface area (Å²) < 4.78 is 0.718. The molecular formula is C10H15BrN4. The first-order chi connectivity index (χ1) is 7.01. The van der Waals surface area contributed by atoms with E-state index >= 15 is 0 Å². The molecule has 0 aliphatic carbocycles. The van der Waals surface area contributed by atoms with Crippen molar-refractivity contribution in [3.05, 3.63) is 34.7 Å². The van der Waals surface area contributed by atoms with Gasteiger partial charge >= 0.3 is 0 Å². The van der Waals surface area contributed by atoms with Crippen molar-refractivity contribution in [1.29, 1.82) is 5.41 Å². The number of nitrogens with two attached hydrogens (primary N) is 1. The summed E-state index contributed by atoms with van der Waals surface area (Å²) in [4.78, 5) is 4.04. The normalized spacial score (nSPS) is 13.0. The molecule has 0 fully saturated rings. The average Bonchev–Trinajstić information content (AvgIpc) is 2.21. The van der Waals surface area contributed by atoms with Gasteiger partial charge in [-0.05, 0) is 29.8 Å². The molecule has 0 unspecified atom stereocenters. The van der Waals surface area contributed by atoms with Gasteiger partial charge in [-0.1, -0.05) is 18.7 Å². The second kappa shape index (κ2) is 7.00. The lowest BCUT2D eigenvalue weighted by Gasteiger charge is -2.07. The minimum atomic E-state index is -0.0304. The van der Waals surface area contributed by atoms with Crippen LogP contribution in [-0.2, 0) is 0 Å². The van der Waals surface area contributed by atoms with E-state index in [9.17, 15) is 0 Å². The highest BCUT2D eigenvalue weighted by Gasteiger charge is 1.98. The van der Waals surface area contributed by atoms with E-state index in [1.54, 1.807) is 19.2 Å². The summed E-state index contributed by atoms with van der Waals surface area (Å²) in [5.74, 6) is -0.0304. The molecule has 0 bridgehead atoms. The van der Waals surface area contributed by atoms with E-state index in [1.807, 2.05) is 13.0 Å². The van der Waals surface area contributed by atoms with E-state index in [4.69, 9.17) is 11.1 Å². The number of amidine groups is 1.